The van der Waals surface area contributed by atoms with Gasteiger partial charge in [-0.05, 0) is 17.9 Å². The molecule has 1 rings (SSSR count). The summed E-state index contributed by atoms with van der Waals surface area (Å²) < 4.78 is 26.4. The Hall–Kier alpha value is -0.850. The molecule has 0 aromatic carbocycles. The molecule has 1 aromatic rings. The molecule has 0 amide bonds. The number of sulfonamides is 1. The van der Waals surface area contributed by atoms with Gasteiger partial charge in [0, 0.05) is 12.7 Å². The second kappa shape index (κ2) is 5.42. The van der Waals surface area contributed by atoms with Crippen molar-refractivity contribution < 1.29 is 8.42 Å². The third-order valence-electron chi connectivity index (χ3n) is 2.84. The Balaban J connectivity index is 2.94. The van der Waals surface area contributed by atoms with E-state index in [0.717, 1.165) is 18.7 Å². The van der Waals surface area contributed by atoms with Crippen molar-refractivity contribution in [2.24, 2.45) is 5.41 Å². The van der Waals surface area contributed by atoms with Gasteiger partial charge in [0.25, 0.3) is 5.56 Å². The Bertz CT molecular complexity index is 578. The summed E-state index contributed by atoms with van der Waals surface area (Å²) in [6.45, 7) is 6.25. The highest BCUT2D eigenvalue weighted by Crippen LogP contribution is 2.19. The lowest BCUT2D eigenvalue weighted by Gasteiger charge is -2.22. The highest BCUT2D eigenvalue weighted by atomic mass is 35.5. The fourth-order valence-corrected chi connectivity index (χ4v) is 2.56. The van der Waals surface area contributed by atoms with E-state index in [1.807, 2.05) is 20.8 Å². The molecule has 0 spiro atoms. The lowest BCUT2D eigenvalue weighted by molar-refractivity contribution is 0.350. The Labute approximate surface area is 112 Å². The standard InChI is InChI=1S/C11H17ClN2O3S/c1-4-11(2,3)7-14-18(16,17)8-5-9(12)10(15)13-6-8/h5-6,14H,4,7H2,1-3H3,(H,13,15). The molecular weight excluding hydrogens is 276 g/mol. The van der Waals surface area contributed by atoms with Gasteiger partial charge in [-0.2, -0.15) is 0 Å². The maximum absolute atomic E-state index is 12.0. The van der Waals surface area contributed by atoms with Gasteiger partial charge in [-0.1, -0.05) is 32.4 Å². The molecule has 0 saturated heterocycles. The van der Waals surface area contributed by atoms with Crippen LogP contribution in [0.3, 0.4) is 0 Å². The van der Waals surface area contributed by atoms with Crippen molar-refractivity contribution in [1.82, 2.24) is 9.71 Å². The smallest absolute Gasteiger partial charge is 0.266 e. The van der Waals surface area contributed by atoms with E-state index >= 15 is 0 Å². The second-order valence-electron chi connectivity index (χ2n) is 4.85. The van der Waals surface area contributed by atoms with E-state index in [4.69, 9.17) is 11.6 Å². The van der Waals surface area contributed by atoms with Gasteiger partial charge in [-0.3, -0.25) is 4.79 Å². The van der Waals surface area contributed by atoms with Crippen LogP contribution in [0.2, 0.25) is 5.02 Å². The van der Waals surface area contributed by atoms with Gasteiger partial charge < -0.3 is 4.98 Å². The first-order chi connectivity index (χ1) is 8.18. The van der Waals surface area contributed by atoms with E-state index < -0.39 is 15.6 Å². The van der Waals surface area contributed by atoms with E-state index in [1.54, 1.807) is 0 Å². The Kier molecular flexibility index (Phi) is 4.58. The minimum Gasteiger partial charge on any atom is -0.326 e. The van der Waals surface area contributed by atoms with Gasteiger partial charge in [0.15, 0.2) is 0 Å². The summed E-state index contributed by atoms with van der Waals surface area (Å²) in [4.78, 5) is 13.3. The highest BCUT2D eigenvalue weighted by molar-refractivity contribution is 7.89. The largest absolute Gasteiger partial charge is 0.326 e. The van der Waals surface area contributed by atoms with E-state index in [1.165, 1.54) is 0 Å². The van der Waals surface area contributed by atoms with Crippen LogP contribution in [0.25, 0.3) is 0 Å². The quantitative estimate of drug-likeness (QED) is 0.867. The molecule has 0 saturated carbocycles. The summed E-state index contributed by atoms with van der Waals surface area (Å²) in [6.07, 6.45) is 1.98. The van der Waals surface area contributed by atoms with Crippen LogP contribution < -0.4 is 10.3 Å². The fraction of sp³-hybridized carbons (Fsp3) is 0.545. The number of aromatic amines is 1. The molecule has 0 aliphatic rings. The van der Waals surface area contributed by atoms with Crippen LogP contribution in [0.1, 0.15) is 27.2 Å². The molecule has 1 aromatic heterocycles. The van der Waals surface area contributed by atoms with E-state index in [2.05, 4.69) is 9.71 Å². The number of rotatable bonds is 5. The number of hydrogen-bond acceptors (Lipinski definition) is 3. The average Bonchev–Trinajstić information content (AvgIpc) is 2.30. The monoisotopic (exact) mass is 292 g/mol. The maximum Gasteiger partial charge on any atom is 0.266 e. The average molecular weight is 293 g/mol. The zero-order valence-corrected chi connectivity index (χ0v) is 12.2. The van der Waals surface area contributed by atoms with Gasteiger partial charge >= 0.3 is 0 Å². The van der Waals surface area contributed by atoms with Crippen LogP contribution in [0.15, 0.2) is 22.0 Å². The predicted molar refractivity (Wildman–Crippen MR) is 71.3 cm³/mol. The second-order valence-corrected chi connectivity index (χ2v) is 7.03. The molecule has 0 fully saturated rings. The number of pyridine rings is 1. The Morgan fingerprint density at radius 2 is 2.06 bits per heavy atom. The van der Waals surface area contributed by atoms with Crippen LogP contribution in [-0.2, 0) is 10.0 Å². The van der Waals surface area contributed by atoms with Gasteiger partial charge in [0.1, 0.15) is 5.02 Å². The fourth-order valence-electron chi connectivity index (χ4n) is 1.09. The highest BCUT2D eigenvalue weighted by Gasteiger charge is 2.21. The van der Waals surface area contributed by atoms with Crippen LogP contribution in [0.5, 0.6) is 0 Å². The first-order valence-corrected chi connectivity index (χ1v) is 7.42. The number of aromatic nitrogens is 1. The first kappa shape index (κ1) is 15.2. The molecule has 0 aliphatic carbocycles. The van der Waals surface area contributed by atoms with Gasteiger partial charge in [0.05, 0.1) is 4.90 Å². The minimum absolute atomic E-state index is 0.0426. The van der Waals surface area contributed by atoms with E-state index in [9.17, 15) is 13.2 Å². The summed E-state index contributed by atoms with van der Waals surface area (Å²) in [5.74, 6) is 0. The molecule has 0 unspecified atom stereocenters. The van der Waals surface area contributed by atoms with Gasteiger partial charge in [0.2, 0.25) is 10.0 Å². The van der Waals surface area contributed by atoms with E-state index in [-0.39, 0.29) is 15.3 Å². The minimum atomic E-state index is -3.65. The Morgan fingerprint density at radius 1 is 1.44 bits per heavy atom. The van der Waals surface area contributed by atoms with Crippen molar-refractivity contribution in [3.05, 3.63) is 27.6 Å². The van der Waals surface area contributed by atoms with Crippen LogP contribution in [0, 0.1) is 5.41 Å². The SMILES string of the molecule is CCC(C)(C)CNS(=O)(=O)c1c[nH]c(=O)c(Cl)c1. The molecule has 18 heavy (non-hydrogen) atoms. The summed E-state index contributed by atoms with van der Waals surface area (Å²) in [6, 6.07) is 1.14. The number of hydrogen-bond donors (Lipinski definition) is 2. The number of nitrogens with one attached hydrogen (secondary N) is 2. The molecule has 0 atom stereocenters. The molecule has 0 aliphatic heterocycles. The lowest BCUT2D eigenvalue weighted by Crippen LogP contribution is -2.33. The van der Waals surface area contributed by atoms with Crippen molar-refractivity contribution in [3.63, 3.8) is 0 Å². The summed E-state index contributed by atoms with van der Waals surface area (Å²) in [7, 11) is -3.65. The number of H-pyrrole nitrogens is 1. The molecule has 0 bridgehead atoms. The Morgan fingerprint density at radius 3 is 2.56 bits per heavy atom. The van der Waals surface area contributed by atoms with Crippen molar-refractivity contribution in [2.75, 3.05) is 6.54 Å². The first-order valence-electron chi connectivity index (χ1n) is 5.56. The molecular formula is C11H17ClN2O3S. The third-order valence-corrected chi connectivity index (χ3v) is 4.50. The lowest BCUT2D eigenvalue weighted by atomic mass is 9.91. The summed E-state index contributed by atoms with van der Waals surface area (Å²) >= 11 is 5.60. The predicted octanol–water partition coefficient (Wildman–Crippen LogP) is 1.74. The van der Waals surface area contributed by atoms with Crippen LogP contribution in [0.4, 0.5) is 0 Å². The summed E-state index contributed by atoms with van der Waals surface area (Å²) in [5, 5.41) is -0.146. The molecule has 102 valence electrons. The zero-order chi connectivity index (χ0) is 14.0. The van der Waals surface area contributed by atoms with Gasteiger partial charge in [-0.25, -0.2) is 13.1 Å². The van der Waals surface area contributed by atoms with Crippen molar-refractivity contribution >= 4 is 21.6 Å². The topological polar surface area (TPSA) is 79.0 Å². The van der Waals surface area contributed by atoms with Crippen LogP contribution >= 0.6 is 11.6 Å². The zero-order valence-electron chi connectivity index (χ0n) is 10.6. The van der Waals surface area contributed by atoms with Crippen LogP contribution in [-0.4, -0.2) is 19.9 Å². The van der Waals surface area contributed by atoms with E-state index in [0.29, 0.717) is 6.54 Å². The van der Waals surface area contributed by atoms with Crippen molar-refractivity contribution in [3.8, 4) is 0 Å². The molecule has 1 heterocycles. The number of halogens is 1. The van der Waals surface area contributed by atoms with Crippen molar-refractivity contribution in [2.45, 2.75) is 32.1 Å². The summed E-state index contributed by atoms with van der Waals surface area (Å²) in [5.41, 5.74) is -0.636. The third kappa shape index (κ3) is 3.83. The van der Waals surface area contributed by atoms with Crippen molar-refractivity contribution in [1.29, 1.82) is 0 Å². The molecule has 0 radical (unpaired) electrons. The van der Waals surface area contributed by atoms with Gasteiger partial charge in [-0.15, -0.1) is 0 Å². The maximum atomic E-state index is 12.0. The normalized spacial score (nSPS) is 12.7. The molecule has 7 heteroatoms. The molecule has 5 nitrogen and oxygen atoms in total. The molecule has 2 N–H and O–H groups in total.